The molecule has 1 aliphatic heterocycles. The lowest BCUT2D eigenvalue weighted by Crippen LogP contribution is -2.27. The lowest BCUT2D eigenvalue weighted by Gasteiger charge is -2.19. The van der Waals surface area contributed by atoms with E-state index in [1.807, 2.05) is 0 Å². The van der Waals surface area contributed by atoms with Crippen molar-refractivity contribution in [2.45, 2.75) is 12.8 Å². The van der Waals surface area contributed by atoms with Gasteiger partial charge in [0.25, 0.3) is 0 Å². The molecule has 0 aliphatic carbocycles. The maximum absolute atomic E-state index is 11.6. The largest absolute Gasteiger partial charge is 0.497 e. The molecule has 1 fully saturated rings. The second-order valence-electron chi connectivity index (χ2n) is 5.27. The van der Waals surface area contributed by atoms with Gasteiger partial charge in [-0.05, 0) is 42.5 Å². The molecule has 2 atom stereocenters. The van der Waals surface area contributed by atoms with Crippen molar-refractivity contribution in [1.82, 2.24) is 0 Å². The highest BCUT2D eigenvalue weighted by molar-refractivity contribution is 9.10. The van der Waals surface area contributed by atoms with Crippen molar-refractivity contribution < 1.29 is 23.1 Å². The Hall–Kier alpha value is -1.08. The van der Waals surface area contributed by atoms with E-state index in [-0.39, 0.29) is 23.8 Å². The van der Waals surface area contributed by atoms with Gasteiger partial charge in [0.15, 0.2) is 9.84 Å². The number of carboxylic acids is 1. The third kappa shape index (κ3) is 3.97. The van der Waals surface area contributed by atoms with Crippen molar-refractivity contribution in [3.8, 4) is 5.75 Å². The van der Waals surface area contributed by atoms with E-state index in [9.17, 15) is 18.3 Å². The van der Waals surface area contributed by atoms with Gasteiger partial charge < -0.3 is 9.84 Å². The van der Waals surface area contributed by atoms with Crippen LogP contribution in [0.2, 0.25) is 0 Å². The summed E-state index contributed by atoms with van der Waals surface area (Å²) in [5.41, 5.74) is 0.811. The molecular weight excluding hydrogens is 360 g/mol. The van der Waals surface area contributed by atoms with Crippen molar-refractivity contribution >= 4 is 31.7 Å². The van der Waals surface area contributed by atoms with Gasteiger partial charge in [-0.3, -0.25) is 4.79 Å². The number of halogens is 1. The standard InChI is InChI=1S/C14H17BrO5S/c1-20-11-2-3-13(15)10(6-11)7-12(14(16)17)9-4-5-21(18,19)8-9/h2-3,6,9,12H,4-5,7-8H2,1H3,(H,16,17). The fourth-order valence-electron chi connectivity index (χ4n) is 2.67. The molecule has 1 aliphatic rings. The molecule has 2 rings (SSSR count). The van der Waals surface area contributed by atoms with E-state index in [0.29, 0.717) is 12.2 Å². The molecule has 0 saturated carbocycles. The predicted molar refractivity (Wildman–Crippen MR) is 82.3 cm³/mol. The van der Waals surface area contributed by atoms with E-state index < -0.39 is 21.7 Å². The summed E-state index contributed by atoms with van der Waals surface area (Å²) in [6.07, 6.45) is 0.703. The number of rotatable bonds is 5. The van der Waals surface area contributed by atoms with Gasteiger partial charge in [0, 0.05) is 4.47 Å². The average molecular weight is 377 g/mol. The van der Waals surface area contributed by atoms with Crippen molar-refractivity contribution in [2.24, 2.45) is 11.8 Å². The zero-order valence-electron chi connectivity index (χ0n) is 11.6. The number of ether oxygens (including phenoxy) is 1. The molecule has 0 spiro atoms. The average Bonchev–Trinajstić information content (AvgIpc) is 2.77. The van der Waals surface area contributed by atoms with Gasteiger partial charge in [-0.25, -0.2) is 8.42 Å². The Labute approximate surface area is 132 Å². The van der Waals surface area contributed by atoms with Crippen LogP contribution in [-0.2, 0) is 21.1 Å². The summed E-state index contributed by atoms with van der Waals surface area (Å²) in [6.45, 7) is 0. The van der Waals surface area contributed by atoms with Crippen LogP contribution in [0.4, 0.5) is 0 Å². The SMILES string of the molecule is COc1ccc(Br)c(CC(C(=O)O)C2CCS(=O)(=O)C2)c1. The van der Waals surface area contributed by atoms with Crippen LogP contribution in [0.5, 0.6) is 5.75 Å². The molecule has 1 saturated heterocycles. The summed E-state index contributed by atoms with van der Waals surface area (Å²) in [7, 11) is -1.54. The Kier molecular flexibility index (Phi) is 4.93. The highest BCUT2D eigenvalue weighted by Crippen LogP contribution is 2.32. The fraction of sp³-hybridized carbons (Fsp3) is 0.500. The van der Waals surface area contributed by atoms with Crippen molar-refractivity contribution in [2.75, 3.05) is 18.6 Å². The van der Waals surface area contributed by atoms with Crippen LogP contribution >= 0.6 is 15.9 Å². The smallest absolute Gasteiger partial charge is 0.307 e. The molecule has 0 bridgehead atoms. The normalized spacial score (nSPS) is 21.9. The lowest BCUT2D eigenvalue weighted by atomic mass is 9.86. The number of sulfone groups is 1. The summed E-state index contributed by atoms with van der Waals surface area (Å²) >= 11 is 3.40. The van der Waals surface area contributed by atoms with Crippen molar-refractivity contribution in [1.29, 1.82) is 0 Å². The number of aliphatic carboxylic acids is 1. The minimum absolute atomic E-state index is 0.0362. The minimum Gasteiger partial charge on any atom is -0.497 e. The first-order valence-electron chi connectivity index (χ1n) is 6.58. The van der Waals surface area contributed by atoms with Gasteiger partial charge in [-0.15, -0.1) is 0 Å². The molecule has 7 heteroatoms. The number of hydrogen-bond acceptors (Lipinski definition) is 4. The Morgan fingerprint density at radius 2 is 2.24 bits per heavy atom. The van der Waals surface area contributed by atoms with Crippen LogP contribution in [-0.4, -0.2) is 38.1 Å². The Bertz CT molecular complexity index is 641. The molecular formula is C14H17BrO5S. The molecule has 1 aromatic carbocycles. The van der Waals surface area contributed by atoms with Crippen molar-refractivity contribution in [3.05, 3.63) is 28.2 Å². The number of methoxy groups -OCH3 is 1. The van der Waals surface area contributed by atoms with Crippen LogP contribution in [0, 0.1) is 11.8 Å². The molecule has 1 heterocycles. The van der Waals surface area contributed by atoms with E-state index in [2.05, 4.69) is 15.9 Å². The molecule has 0 aromatic heterocycles. The second kappa shape index (κ2) is 6.36. The second-order valence-corrected chi connectivity index (χ2v) is 8.35. The molecule has 1 N–H and O–H groups in total. The predicted octanol–water partition coefficient (Wildman–Crippen LogP) is 2.14. The summed E-state index contributed by atoms with van der Waals surface area (Å²) in [6, 6.07) is 5.37. The maximum atomic E-state index is 11.6. The first-order valence-corrected chi connectivity index (χ1v) is 9.19. The van der Waals surface area contributed by atoms with E-state index in [4.69, 9.17) is 4.74 Å². The third-order valence-electron chi connectivity index (χ3n) is 3.85. The first-order chi connectivity index (χ1) is 9.82. The van der Waals surface area contributed by atoms with Gasteiger partial charge in [0.05, 0.1) is 24.5 Å². The van der Waals surface area contributed by atoms with Crippen LogP contribution in [0.3, 0.4) is 0 Å². The molecule has 0 amide bonds. The fourth-order valence-corrected chi connectivity index (χ4v) is 4.96. The highest BCUT2D eigenvalue weighted by atomic mass is 79.9. The van der Waals surface area contributed by atoms with E-state index in [0.717, 1.165) is 10.0 Å². The van der Waals surface area contributed by atoms with Gasteiger partial charge in [-0.2, -0.15) is 0 Å². The number of carboxylic acid groups (broad SMARTS) is 1. The number of hydrogen-bond donors (Lipinski definition) is 1. The van der Waals surface area contributed by atoms with Gasteiger partial charge in [0.1, 0.15) is 5.75 Å². The minimum atomic E-state index is -3.09. The lowest BCUT2D eigenvalue weighted by molar-refractivity contribution is -0.143. The topological polar surface area (TPSA) is 80.7 Å². The maximum Gasteiger partial charge on any atom is 0.307 e. The third-order valence-corrected chi connectivity index (χ3v) is 6.41. The number of benzene rings is 1. The molecule has 0 radical (unpaired) electrons. The summed E-state index contributed by atoms with van der Waals surface area (Å²) in [4.78, 5) is 11.5. The monoisotopic (exact) mass is 376 g/mol. The zero-order chi connectivity index (χ0) is 15.6. The highest BCUT2D eigenvalue weighted by Gasteiger charge is 2.37. The van der Waals surface area contributed by atoms with Gasteiger partial charge in [0.2, 0.25) is 0 Å². The molecule has 5 nitrogen and oxygen atoms in total. The summed E-state index contributed by atoms with van der Waals surface area (Å²) in [5.74, 6) is -1.29. The van der Waals surface area contributed by atoms with Crippen molar-refractivity contribution in [3.63, 3.8) is 0 Å². The van der Waals surface area contributed by atoms with Gasteiger partial charge >= 0.3 is 5.97 Å². The van der Waals surface area contributed by atoms with Gasteiger partial charge in [-0.1, -0.05) is 15.9 Å². The first kappa shape index (κ1) is 16.3. The molecule has 2 unspecified atom stereocenters. The van der Waals surface area contributed by atoms with Crippen LogP contribution < -0.4 is 4.74 Å². The molecule has 116 valence electrons. The van der Waals surface area contributed by atoms with E-state index in [1.165, 1.54) is 0 Å². The Balaban J connectivity index is 2.23. The zero-order valence-corrected chi connectivity index (χ0v) is 14.0. The number of carbonyl (C=O) groups is 1. The van der Waals surface area contributed by atoms with E-state index >= 15 is 0 Å². The molecule has 21 heavy (non-hydrogen) atoms. The van der Waals surface area contributed by atoms with Crippen LogP contribution in [0.15, 0.2) is 22.7 Å². The quantitative estimate of drug-likeness (QED) is 0.851. The summed E-state index contributed by atoms with van der Waals surface area (Å²) < 4.78 is 29.1. The van der Waals surface area contributed by atoms with E-state index in [1.54, 1.807) is 25.3 Å². The molecule has 1 aromatic rings. The summed E-state index contributed by atoms with van der Waals surface area (Å²) in [5, 5.41) is 9.44. The van der Waals surface area contributed by atoms with Crippen LogP contribution in [0.25, 0.3) is 0 Å². The Morgan fingerprint density at radius 3 is 2.76 bits per heavy atom. The Morgan fingerprint density at radius 1 is 1.52 bits per heavy atom. The van der Waals surface area contributed by atoms with Crippen LogP contribution in [0.1, 0.15) is 12.0 Å².